The monoisotopic (exact) mass is 472 g/mol. The van der Waals surface area contributed by atoms with Gasteiger partial charge in [-0.25, -0.2) is 0 Å². The summed E-state index contributed by atoms with van der Waals surface area (Å²) in [5.41, 5.74) is 3.68. The number of ether oxygens (including phenoxy) is 1. The van der Waals surface area contributed by atoms with Crippen molar-refractivity contribution in [1.29, 1.82) is 0 Å². The second-order valence-electron chi connectivity index (χ2n) is 7.84. The number of hydrogen-bond donors (Lipinski definition) is 1. The summed E-state index contributed by atoms with van der Waals surface area (Å²) in [6.07, 6.45) is 2.32. The third-order valence-electron chi connectivity index (χ3n) is 5.22. The van der Waals surface area contributed by atoms with Crippen molar-refractivity contribution in [2.45, 2.75) is 13.3 Å². The van der Waals surface area contributed by atoms with Gasteiger partial charge in [0.2, 0.25) is 0 Å². The first-order valence-corrected chi connectivity index (χ1v) is 11.7. The highest BCUT2D eigenvalue weighted by Gasteiger charge is 2.34. The molecule has 3 amide bonds. The number of imide groups is 1. The van der Waals surface area contributed by atoms with Crippen LogP contribution in [-0.2, 0) is 16.0 Å². The fourth-order valence-corrected chi connectivity index (χ4v) is 4.24. The van der Waals surface area contributed by atoms with E-state index in [4.69, 9.17) is 4.74 Å². The molecule has 0 atom stereocenters. The molecule has 0 aliphatic carbocycles. The molecular weight excluding hydrogens is 448 g/mol. The zero-order valence-electron chi connectivity index (χ0n) is 18.7. The molecule has 1 aliphatic rings. The zero-order valence-corrected chi connectivity index (χ0v) is 19.5. The van der Waals surface area contributed by atoms with E-state index in [1.807, 2.05) is 61.5 Å². The molecule has 1 fully saturated rings. The van der Waals surface area contributed by atoms with Gasteiger partial charge in [0.1, 0.15) is 5.75 Å². The molecule has 1 aliphatic heterocycles. The maximum atomic E-state index is 12.7. The van der Waals surface area contributed by atoms with Crippen molar-refractivity contribution in [3.05, 3.63) is 100 Å². The average Bonchev–Trinajstić information content (AvgIpc) is 3.11. The van der Waals surface area contributed by atoms with E-state index in [1.54, 1.807) is 30.3 Å². The molecule has 1 N–H and O–H groups in total. The zero-order chi connectivity index (χ0) is 23.9. The Morgan fingerprint density at radius 2 is 1.68 bits per heavy atom. The van der Waals surface area contributed by atoms with Crippen LogP contribution in [0.1, 0.15) is 16.7 Å². The first-order valence-electron chi connectivity index (χ1n) is 10.9. The number of nitrogens with zero attached hydrogens (tertiary/aromatic N) is 1. The largest absolute Gasteiger partial charge is 0.484 e. The molecule has 0 spiro atoms. The number of carbonyl (C=O) groups is 3. The van der Waals surface area contributed by atoms with Crippen molar-refractivity contribution in [2.24, 2.45) is 0 Å². The Morgan fingerprint density at radius 3 is 2.38 bits per heavy atom. The van der Waals surface area contributed by atoms with Crippen LogP contribution in [0.2, 0.25) is 0 Å². The van der Waals surface area contributed by atoms with Crippen LogP contribution in [0.5, 0.6) is 5.75 Å². The standard InChI is InChI=1S/C27H24N2O4S/c1-19-7-11-22(12-8-19)28-25(30)18-33-23-13-9-21(10-14-23)17-24-26(31)29(27(32)34-24)16-15-20-5-3-2-4-6-20/h2-14,17H,15-16,18H2,1H3,(H,28,30)/b24-17+. The SMILES string of the molecule is Cc1ccc(NC(=O)COc2ccc(/C=C3/SC(=O)N(CCc4ccccc4)C3=O)cc2)cc1. The number of rotatable bonds is 8. The van der Waals surface area contributed by atoms with Gasteiger partial charge in [-0.1, -0.05) is 60.2 Å². The van der Waals surface area contributed by atoms with Crippen LogP contribution >= 0.6 is 11.8 Å². The van der Waals surface area contributed by atoms with Gasteiger partial charge < -0.3 is 10.1 Å². The Hall–Kier alpha value is -3.84. The van der Waals surface area contributed by atoms with E-state index in [1.165, 1.54) is 4.90 Å². The number of amides is 3. The third kappa shape index (κ3) is 6.14. The average molecular weight is 473 g/mol. The topological polar surface area (TPSA) is 75.7 Å². The molecule has 0 radical (unpaired) electrons. The number of carbonyl (C=O) groups excluding carboxylic acids is 3. The van der Waals surface area contributed by atoms with Gasteiger partial charge in [-0.2, -0.15) is 0 Å². The van der Waals surface area contributed by atoms with Gasteiger partial charge in [0.05, 0.1) is 4.91 Å². The van der Waals surface area contributed by atoms with Crippen LogP contribution in [0.15, 0.2) is 83.8 Å². The van der Waals surface area contributed by atoms with Gasteiger partial charge in [-0.05, 0) is 66.6 Å². The smallest absolute Gasteiger partial charge is 0.293 e. The number of aryl methyl sites for hydroxylation is 1. The van der Waals surface area contributed by atoms with Crippen molar-refractivity contribution in [1.82, 2.24) is 4.90 Å². The summed E-state index contributed by atoms with van der Waals surface area (Å²) in [6, 6.07) is 24.3. The first-order chi connectivity index (χ1) is 16.5. The maximum Gasteiger partial charge on any atom is 0.293 e. The maximum absolute atomic E-state index is 12.7. The van der Waals surface area contributed by atoms with Crippen LogP contribution in [0.4, 0.5) is 10.5 Å². The molecular formula is C27H24N2O4S. The summed E-state index contributed by atoms with van der Waals surface area (Å²) >= 11 is 0.946. The molecule has 3 aromatic carbocycles. The lowest BCUT2D eigenvalue weighted by molar-refractivity contribution is -0.122. The quantitative estimate of drug-likeness (QED) is 0.451. The lowest BCUT2D eigenvalue weighted by Crippen LogP contribution is -2.30. The van der Waals surface area contributed by atoms with Gasteiger partial charge in [0, 0.05) is 12.2 Å². The van der Waals surface area contributed by atoms with E-state index in [0.29, 0.717) is 29.3 Å². The molecule has 6 nitrogen and oxygen atoms in total. The summed E-state index contributed by atoms with van der Waals surface area (Å²) in [5.74, 6) is 0.00307. The van der Waals surface area contributed by atoms with Gasteiger partial charge in [-0.15, -0.1) is 0 Å². The van der Waals surface area contributed by atoms with Crippen molar-refractivity contribution >= 4 is 40.6 Å². The minimum Gasteiger partial charge on any atom is -0.484 e. The van der Waals surface area contributed by atoms with Gasteiger partial charge in [0.15, 0.2) is 6.61 Å². The number of benzene rings is 3. The van der Waals surface area contributed by atoms with Crippen LogP contribution in [-0.4, -0.2) is 35.1 Å². The molecule has 34 heavy (non-hydrogen) atoms. The lowest BCUT2D eigenvalue weighted by atomic mass is 10.1. The van der Waals surface area contributed by atoms with Crippen LogP contribution < -0.4 is 10.1 Å². The fourth-order valence-electron chi connectivity index (χ4n) is 3.37. The van der Waals surface area contributed by atoms with E-state index < -0.39 is 0 Å². The Balaban J connectivity index is 1.30. The second-order valence-corrected chi connectivity index (χ2v) is 8.83. The van der Waals surface area contributed by atoms with Crippen molar-refractivity contribution in [2.75, 3.05) is 18.5 Å². The molecule has 1 heterocycles. The lowest BCUT2D eigenvalue weighted by Gasteiger charge is -2.12. The highest BCUT2D eigenvalue weighted by Crippen LogP contribution is 2.32. The molecule has 0 saturated carbocycles. The molecule has 0 unspecified atom stereocenters. The minimum atomic E-state index is -0.279. The van der Waals surface area contributed by atoms with E-state index in [-0.39, 0.29) is 23.7 Å². The van der Waals surface area contributed by atoms with Crippen molar-refractivity contribution < 1.29 is 19.1 Å². The molecule has 3 aromatic rings. The van der Waals surface area contributed by atoms with E-state index >= 15 is 0 Å². The molecule has 4 rings (SSSR count). The summed E-state index contributed by atoms with van der Waals surface area (Å²) in [4.78, 5) is 38.8. The molecule has 0 aromatic heterocycles. The molecule has 172 valence electrons. The summed E-state index contributed by atoms with van der Waals surface area (Å²) in [5, 5.41) is 2.52. The summed E-state index contributed by atoms with van der Waals surface area (Å²) in [7, 11) is 0. The van der Waals surface area contributed by atoms with Crippen molar-refractivity contribution in [3.63, 3.8) is 0 Å². The number of hydrogen-bond acceptors (Lipinski definition) is 5. The highest BCUT2D eigenvalue weighted by molar-refractivity contribution is 8.18. The Kier molecular flexibility index (Phi) is 7.44. The van der Waals surface area contributed by atoms with E-state index in [9.17, 15) is 14.4 Å². The Bertz CT molecular complexity index is 1210. The predicted molar refractivity (Wildman–Crippen MR) is 135 cm³/mol. The van der Waals surface area contributed by atoms with Crippen LogP contribution in [0.3, 0.4) is 0 Å². The molecule has 0 bridgehead atoms. The second kappa shape index (κ2) is 10.9. The number of anilines is 1. The van der Waals surface area contributed by atoms with Crippen LogP contribution in [0, 0.1) is 6.92 Å². The van der Waals surface area contributed by atoms with Gasteiger partial charge >= 0.3 is 0 Å². The summed E-state index contributed by atoms with van der Waals surface area (Å²) < 4.78 is 5.55. The van der Waals surface area contributed by atoms with E-state index in [2.05, 4.69) is 5.32 Å². The minimum absolute atomic E-state index is 0.118. The number of nitrogens with one attached hydrogen (secondary N) is 1. The molecule has 1 saturated heterocycles. The normalized spacial score (nSPS) is 14.5. The number of thioether (sulfide) groups is 1. The summed E-state index contributed by atoms with van der Waals surface area (Å²) in [6.45, 7) is 2.21. The Labute approximate surface area is 202 Å². The Morgan fingerprint density at radius 1 is 0.971 bits per heavy atom. The highest BCUT2D eigenvalue weighted by atomic mass is 32.2. The van der Waals surface area contributed by atoms with Gasteiger partial charge in [0.25, 0.3) is 17.1 Å². The van der Waals surface area contributed by atoms with Crippen molar-refractivity contribution in [3.8, 4) is 5.75 Å². The van der Waals surface area contributed by atoms with E-state index in [0.717, 1.165) is 28.5 Å². The molecule has 7 heteroatoms. The van der Waals surface area contributed by atoms with Crippen LogP contribution in [0.25, 0.3) is 6.08 Å². The van der Waals surface area contributed by atoms with Gasteiger partial charge in [-0.3, -0.25) is 19.3 Å². The fraction of sp³-hybridized carbons (Fsp3) is 0.148. The predicted octanol–water partition coefficient (Wildman–Crippen LogP) is 5.29. The third-order valence-corrected chi connectivity index (χ3v) is 6.13. The first kappa shape index (κ1) is 23.3.